The van der Waals surface area contributed by atoms with Crippen molar-refractivity contribution in [3.63, 3.8) is 0 Å². The first-order valence-corrected chi connectivity index (χ1v) is 9.56. The molecule has 1 fully saturated rings. The molecule has 0 bridgehead atoms. The van der Waals surface area contributed by atoms with E-state index in [0.29, 0.717) is 0 Å². The molecule has 1 aromatic heterocycles. The van der Waals surface area contributed by atoms with Gasteiger partial charge in [-0.05, 0) is 12.1 Å². The summed E-state index contributed by atoms with van der Waals surface area (Å²) in [5.41, 5.74) is -0.548. The third-order valence-electron chi connectivity index (χ3n) is 3.26. The van der Waals surface area contributed by atoms with Gasteiger partial charge in [-0.3, -0.25) is 0 Å². The van der Waals surface area contributed by atoms with Gasteiger partial charge in [0.25, 0.3) is 0 Å². The topological polar surface area (TPSA) is 125 Å². The molecule has 0 aromatic carbocycles. The number of aromatic nitrogens is 1. The number of piperazine rings is 1. The van der Waals surface area contributed by atoms with Crippen LogP contribution in [0.4, 0.5) is 0 Å². The van der Waals surface area contributed by atoms with E-state index >= 15 is 0 Å². The normalized spacial score (nSPS) is 18.2. The Morgan fingerprint density at radius 3 is 2.18 bits per heavy atom. The lowest BCUT2D eigenvalue weighted by Crippen LogP contribution is -2.50. The molecule has 0 saturated carbocycles. The van der Waals surface area contributed by atoms with Crippen molar-refractivity contribution in [1.82, 2.24) is 13.6 Å². The minimum absolute atomic E-state index is 0.0285. The Bertz CT molecular complexity index is 782. The predicted octanol–water partition coefficient (Wildman–Crippen LogP) is -0.954. The number of carbonyl (C=O) groups is 1. The molecule has 1 aromatic rings. The quantitative estimate of drug-likeness (QED) is 0.742. The van der Waals surface area contributed by atoms with Crippen LogP contribution in [-0.4, -0.2) is 73.9 Å². The fourth-order valence-electron chi connectivity index (χ4n) is 2.14. The Balaban J connectivity index is 2.29. The molecule has 11 heteroatoms. The number of carboxylic acid groups (broad SMARTS) is 1. The van der Waals surface area contributed by atoms with Crippen LogP contribution in [0.25, 0.3) is 0 Å². The van der Waals surface area contributed by atoms with Gasteiger partial charge in [-0.2, -0.15) is 8.61 Å². The van der Waals surface area contributed by atoms with Crippen molar-refractivity contribution in [1.29, 1.82) is 0 Å². The van der Waals surface area contributed by atoms with Crippen LogP contribution < -0.4 is 0 Å². The smallest absolute Gasteiger partial charge is 0.355 e. The molecule has 0 atom stereocenters. The lowest BCUT2D eigenvalue weighted by molar-refractivity contribution is 0.0685. The van der Waals surface area contributed by atoms with E-state index in [1.54, 1.807) is 0 Å². The average Bonchev–Trinajstić information content (AvgIpc) is 2.46. The molecule has 1 aliphatic heterocycles. The molecule has 0 spiro atoms. The first-order chi connectivity index (χ1) is 10.1. The predicted molar refractivity (Wildman–Crippen MR) is 76.4 cm³/mol. The minimum Gasteiger partial charge on any atom is -0.476 e. The fraction of sp³-hybridized carbons (Fsp3) is 0.455. The van der Waals surface area contributed by atoms with Crippen LogP contribution in [0.2, 0.25) is 0 Å². The highest BCUT2D eigenvalue weighted by molar-refractivity contribution is 7.89. The van der Waals surface area contributed by atoms with Crippen LogP contribution in [0.1, 0.15) is 10.5 Å². The van der Waals surface area contributed by atoms with Gasteiger partial charge in [-0.15, -0.1) is 0 Å². The number of sulfonamides is 2. The van der Waals surface area contributed by atoms with Gasteiger partial charge >= 0.3 is 5.97 Å². The van der Waals surface area contributed by atoms with Crippen LogP contribution >= 0.6 is 0 Å². The highest BCUT2D eigenvalue weighted by Gasteiger charge is 2.34. The molecule has 2 heterocycles. The molecule has 1 saturated heterocycles. The maximum Gasteiger partial charge on any atom is 0.355 e. The summed E-state index contributed by atoms with van der Waals surface area (Å²) >= 11 is 0. The number of rotatable bonds is 4. The van der Waals surface area contributed by atoms with Gasteiger partial charge in [0.1, 0.15) is 4.90 Å². The molecule has 0 radical (unpaired) electrons. The largest absolute Gasteiger partial charge is 0.476 e. The third kappa shape index (κ3) is 3.27. The molecule has 22 heavy (non-hydrogen) atoms. The molecule has 0 unspecified atom stereocenters. The number of pyridine rings is 1. The monoisotopic (exact) mass is 349 g/mol. The summed E-state index contributed by atoms with van der Waals surface area (Å²) in [6.07, 6.45) is 2.25. The zero-order valence-electron chi connectivity index (χ0n) is 11.7. The average molecular weight is 349 g/mol. The maximum atomic E-state index is 12.5. The van der Waals surface area contributed by atoms with Crippen molar-refractivity contribution in [2.45, 2.75) is 4.90 Å². The standard InChI is InChI=1S/C11H15N3O6S2/c1-21(17,18)13-5-7-14(8-6-13)22(19,20)9-3-2-4-12-10(9)11(15)16/h2-4H,5-8H2,1H3,(H,15,16). The summed E-state index contributed by atoms with van der Waals surface area (Å²) in [5.74, 6) is -1.44. The molecule has 1 aliphatic rings. The molecule has 9 nitrogen and oxygen atoms in total. The van der Waals surface area contributed by atoms with Crippen LogP contribution in [0, 0.1) is 0 Å². The van der Waals surface area contributed by atoms with Crippen molar-refractivity contribution in [3.05, 3.63) is 24.0 Å². The second kappa shape index (κ2) is 5.91. The molecule has 122 valence electrons. The second-order valence-electron chi connectivity index (χ2n) is 4.72. The molecule has 0 aliphatic carbocycles. The van der Waals surface area contributed by atoms with Crippen molar-refractivity contribution in [2.24, 2.45) is 0 Å². The third-order valence-corrected chi connectivity index (χ3v) is 6.49. The van der Waals surface area contributed by atoms with Crippen molar-refractivity contribution in [3.8, 4) is 0 Å². The SMILES string of the molecule is CS(=O)(=O)N1CCN(S(=O)(=O)c2cccnc2C(=O)O)CC1. The number of hydrogen-bond acceptors (Lipinski definition) is 6. The Morgan fingerprint density at radius 2 is 1.68 bits per heavy atom. The lowest BCUT2D eigenvalue weighted by Gasteiger charge is -2.32. The summed E-state index contributed by atoms with van der Waals surface area (Å²) in [7, 11) is -7.41. The Labute approximate surface area is 128 Å². The van der Waals surface area contributed by atoms with E-state index in [4.69, 9.17) is 5.11 Å². The van der Waals surface area contributed by atoms with E-state index in [9.17, 15) is 21.6 Å². The number of aromatic carboxylic acids is 1. The Kier molecular flexibility index (Phi) is 4.52. The molecular formula is C11H15N3O6S2. The zero-order valence-corrected chi connectivity index (χ0v) is 13.3. The van der Waals surface area contributed by atoms with E-state index < -0.39 is 36.6 Å². The van der Waals surface area contributed by atoms with Gasteiger partial charge in [-0.25, -0.2) is 26.6 Å². The van der Waals surface area contributed by atoms with Crippen molar-refractivity contribution < 1.29 is 26.7 Å². The second-order valence-corrected chi connectivity index (χ2v) is 8.61. The van der Waals surface area contributed by atoms with Crippen LogP contribution in [0.5, 0.6) is 0 Å². The summed E-state index contributed by atoms with van der Waals surface area (Å²) in [4.78, 5) is 14.3. The first kappa shape index (κ1) is 16.8. The van der Waals surface area contributed by atoms with Crippen LogP contribution in [0.3, 0.4) is 0 Å². The Morgan fingerprint density at radius 1 is 1.14 bits per heavy atom. The van der Waals surface area contributed by atoms with Crippen molar-refractivity contribution >= 4 is 26.0 Å². The van der Waals surface area contributed by atoms with E-state index in [1.165, 1.54) is 22.6 Å². The van der Waals surface area contributed by atoms with Crippen molar-refractivity contribution in [2.75, 3.05) is 32.4 Å². The maximum absolute atomic E-state index is 12.5. The van der Waals surface area contributed by atoms with Gasteiger partial charge in [0.2, 0.25) is 20.0 Å². The van der Waals surface area contributed by atoms with E-state index in [-0.39, 0.29) is 26.2 Å². The summed E-state index contributed by atoms with van der Waals surface area (Å²) < 4.78 is 50.1. The van der Waals surface area contributed by atoms with E-state index in [1.807, 2.05) is 0 Å². The number of carboxylic acids is 1. The Hall–Kier alpha value is -1.56. The van der Waals surface area contributed by atoms with Gasteiger partial charge < -0.3 is 5.11 Å². The van der Waals surface area contributed by atoms with Gasteiger partial charge in [0, 0.05) is 32.4 Å². The van der Waals surface area contributed by atoms with Gasteiger partial charge in [0.05, 0.1) is 6.26 Å². The minimum atomic E-state index is -4.04. The molecule has 2 rings (SSSR count). The molecular weight excluding hydrogens is 334 g/mol. The van der Waals surface area contributed by atoms with Gasteiger partial charge in [-0.1, -0.05) is 0 Å². The molecule has 1 N–H and O–H groups in total. The number of nitrogens with zero attached hydrogens (tertiary/aromatic N) is 3. The highest BCUT2D eigenvalue weighted by atomic mass is 32.2. The lowest BCUT2D eigenvalue weighted by atomic mass is 10.3. The van der Waals surface area contributed by atoms with E-state index in [0.717, 1.165) is 10.6 Å². The summed E-state index contributed by atoms with van der Waals surface area (Å²) in [5, 5.41) is 9.04. The number of hydrogen-bond donors (Lipinski definition) is 1. The first-order valence-electron chi connectivity index (χ1n) is 6.27. The van der Waals surface area contributed by atoms with Crippen LogP contribution in [-0.2, 0) is 20.0 Å². The van der Waals surface area contributed by atoms with Crippen LogP contribution in [0.15, 0.2) is 23.2 Å². The molecule has 0 amide bonds. The summed E-state index contributed by atoms with van der Waals surface area (Å²) in [6, 6.07) is 2.51. The highest BCUT2D eigenvalue weighted by Crippen LogP contribution is 2.20. The van der Waals surface area contributed by atoms with Gasteiger partial charge in [0.15, 0.2) is 5.69 Å². The van der Waals surface area contributed by atoms with E-state index in [2.05, 4.69) is 4.98 Å². The summed E-state index contributed by atoms with van der Waals surface area (Å²) in [6.45, 7) is -0.0197. The fourth-order valence-corrected chi connectivity index (χ4v) is 4.52. The zero-order chi connectivity index (χ0) is 16.5.